The van der Waals surface area contributed by atoms with E-state index in [1.54, 1.807) is 12.0 Å². The van der Waals surface area contributed by atoms with Crippen LogP contribution in [-0.4, -0.2) is 37.7 Å². The number of fused-ring (bicyclic) bond motifs is 1. The van der Waals surface area contributed by atoms with Gasteiger partial charge in [0, 0.05) is 20.2 Å². The van der Waals surface area contributed by atoms with Crippen molar-refractivity contribution in [1.29, 1.82) is 0 Å². The number of methoxy groups -OCH3 is 1. The van der Waals surface area contributed by atoms with E-state index in [0.29, 0.717) is 19.8 Å². The van der Waals surface area contributed by atoms with E-state index in [2.05, 4.69) is 12.6 Å². The van der Waals surface area contributed by atoms with E-state index in [4.69, 9.17) is 9.47 Å². The number of nitrogens with zero attached hydrogens (tertiary/aromatic N) is 1. The van der Waals surface area contributed by atoms with Gasteiger partial charge in [0.05, 0.1) is 6.61 Å². The van der Waals surface area contributed by atoms with E-state index < -0.39 is 0 Å². The normalized spacial score (nSPS) is 13.8. The summed E-state index contributed by atoms with van der Waals surface area (Å²) in [5, 5.41) is 0. The molecule has 0 unspecified atom stereocenters. The van der Waals surface area contributed by atoms with Gasteiger partial charge >= 0.3 is 0 Å². The topological polar surface area (TPSA) is 38.8 Å². The Morgan fingerprint density at radius 3 is 3.00 bits per heavy atom. The zero-order valence-electron chi connectivity index (χ0n) is 11.2. The van der Waals surface area contributed by atoms with Gasteiger partial charge < -0.3 is 14.4 Å². The number of hydrogen-bond donors (Lipinski definition) is 0. The van der Waals surface area contributed by atoms with E-state index in [1.807, 2.05) is 12.1 Å². The summed E-state index contributed by atoms with van der Waals surface area (Å²) in [5.41, 5.74) is 2.43. The van der Waals surface area contributed by atoms with Crippen molar-refractivity contribution in [2.45, 2.75) is 13.0 Å². The molecule has 0 spiro atoms. The van der Waals surface area contributed by atoms with Gasteiger partial charge in [0.2, 0.25) is 5.91 Å². The third-order valence-corrected chi connectivity index (χ3v) is 3.23. The van der Waals surface area contributed by atoms with Crippen molar-refractivity contribution in [2.24, 2.45) is 0 Å². The van der Waals surface area contributed by atoms with Gasteiger partial charge in [-0.15, -0.1) is 0 Å². The maximum atomic E-state index is 11.6. The van der Waals surface area contributed by atoms with Gasteiger partial charge in [-0.3, -0.25) is 4.79 Å². The lowest BCUT2D eigenvalue weighted by atomic mass is 9.99. The largest absolute Gasteiger partial charge is 0.491 e. The summed E-state index contributed by atoms with van der Waals surface area (Å²) < 4.78 is 10.5. The second-order valence-electron chi connectivity index (χ2n) is 4.49. The maximum absolute atomic E-state index is 11.6. The number of ether oxygens (including phenoxy) is 2. The molecule has 0 saturated carbocycles. The quantitative estimate of drug-likeness (QED) is 0.599. The molecular formula is C15H19NO3. The number of carbonyl (C=O) groups excluding carboxylic acids is 1. The Balaban J connectivity index is 2.03. The van der Waals surface area contributed by atoms with E-state index in [9.17, 15) is 4.79 Å². The number of hydrogen-bond acceptors (Lipinski definition) is 3. The fourth-order valence-electron chi connectivity index (χ4n) is 2.18. The van der Waals surface area contributed by atoms with Crippen molar-refractivity contribution in [3.63, 3.8) is 0 Å². The van der Waals surface area contributed by atoms with Crippen LogP contribution in [0.3, 0.4) is 0 Å². The summed E-state index contributed by atoms with van der Waals surface area (Å²) >= 11 is 0. The van der Waals surface area contributed by atoms with E-state index in [-0.39, 0.29) is 5.91 Å². The molecule has 0 atom stereocenters. The monoisotopic (exact) mass is 261 g/mol. The lowest BCUT2D eigenvalue weighted by molar-refractivity contribution is -0.126. The molecule has 102 valence electrons. The summed E-state index contributed by atoms with van der Waals surface area (Å²) in [6.07, 6.45) is 2.23. The van der Waals surface area contributed by atoms with Gasteiger partial charge in [0.15, 0.2) is 0 Å². The van der Waals surface area contributed by atoms with Crippen molar-refractivity contribution in [1.82, 2.24) is 4.90 Å². The maximum Gasteiger partial charge on any atom is 0.246 e. The predicted molar refractivity (Wildman–Crippen MR) is 73.1 cm³/mol. The number of rotatable bonds is 5. The molecule has 0 fully saturated rings. The first-order valence-electron chi connectivity index (χ1n) is 6.39. The molecule has 4 nitrogen and oxygen atoms in total. The van der Waals surface area contributed by atoms with Crippen LogP contribution in [0.1, 0.15) is 11.1 Å². The number of amides is 1. The standard InChI is InChI=1S/C15H19NO3/c1-3-15(17)16-7-6-12-10-14(19-9-8-18-2)5-4-13(12)11-16/h3-5,10H,1,6-9,11H2,2H3. The highest BCUT2D eigenvalue weighted by Crippen LogP contribution is 2.24. The average Bonchev–Trinajstić information content (AvgIpc) is 2.46. The Morgan fingerprint density at radius 1 is 1.42 bits per heavy atom. The Morgan fingerprint density at radius 2 is 2.26 bits per heavy atom. The minimum atomic E-state index is -0.00827. The molecule has 1 aromatic rings. The lowest BCUT2D eigenvalue weighted by Crippen LogP contribution is -2.34. The summed E-state index contributed by atoms with van der Waals surface area (Å²) in [6, 6.07) is 6.02. The third kappa shape index (κ3) is 3.35. The highest BCUT2D eigenvalue weighted by molar-refractivity contribution is 5.87. The molecule has 0 bridgehead atoms. The van der Waals surface area contributed by atoms with E-state index in [1.165, 1.54) is 17.2 Å². The van der Waals surface area contributed by atoms with Crippen molar-refractivity contribution in [2.75, 3.05) is 26.9 Å². The van der Waals surface area contributed by atoms with Crippen LogP contribution in [-0.2, 0) is 22.5 Å². The van der Waals surface area contributed by atoms with Gasteiger partial charge in [0.1, 0.15) is 12.4 Å². The molecule has 19 heavy (non-hydrogen) atoms. The van der Waals surface area contributed by atoms with Gasteiger partial charge in [0.25, 0.3) is 0 Å². The fourth-order valence-corrected chi connectivity index (χ4v) is 2.18. The molecule has 0 aromatic heterocycles. The molecule has 0 aliphatic carbocycles. The molecule has 1 aliphatic rings. The summed E-state index contributed by atoms with van der Waals surface area (Å²) in [7, 11) is 1.65. The number of benzene rings is 1. The van der Waals surface area contributed by atoms with Crippen LogP contribution in [0, 0.1) is 0 Å². The smallest absolute Gasteiger partial charge is 0.246 e. The van der Waals surface area contributed by atoms with Crippen LogP contribution in [0.15, 0.2) is 30.9 Å². The highest BCUT2D eigenvalue weighted by Gasteiger charge is 2.19. The van der Waals surface area contributed by atoms with Gasteiger partial charge in [-0.25, -0.2) is 0 Å². The minimum Gasteiger partial charge on any atom is -0.491 e. The van der Waals surface area contributed by atoms with Gasteiger partial charge in [-0.2, -0.15) is 0 Å². The second-order valence-corrected chi connectivity index (χ2v) is 4.49. The van der Waals surface area contributed by atoms with Crippen molar-refractivity contribution in [3.8, 4) is 5.75 Å². The van der Waals surface area contributed by atoms with Crippen LogP contribution in [0.2, 0.25) is 0 Å². The Labute approximate surface area is 113 Å². The second kappa shape index (κ2) is 6.38. The van der Waals surface area contributed by atoms with E-state index >= 15 is 0 Å². The molecule has 4 heteroatoms. The first kappa shape index (κ1) is 13.6. The van der Waals surface area contributed by atoms with Crippen LogP contribution >= 0.6 is 0 Å². The molecule has 1 aromatic carbocycles. The van der Waals surface area contributed by atoms with Crippen LogP contribution in [0.5, 0.6) is 5.75 Å². The van der Waals surface area contributed by atoms with Gasteiger partial charge in [-0.1, -0.05) is 12.6 Å². The highest BCUT2D eigenvalue weighted by atomic mass is 16.5. The zero-order chi connectivity index (χ0) is 13.7. The predicted octanol–water partition coefficient (Wildman–Crippen LogP) is 1.78. The fraction of sp³-hybridized carbons (Fsp3) is 0.400. The van der Waals surface area contributed by atoms with E-state index in [0.717, 1.165) is 18.7 Å². The molecule has 0 saturated heterocycles. The number of carbonyl (C=O) groups is 1. The first-order valence-corrected chi connectivity index (χ1v) is 6.39. The Bertz CT molecular complexity index is 470. The lowest BCUT2D eigenvalue weighted by Gasteiger charge is -2.28. The van der Waals surface area contributed by atoms with Crippen molar-refractivity contribution in [3.05, 3.63) is 42.0 Å². The van der Waals surface area contributed by atoms with Crippen LogP contribution < -0.4 is 4.74 Å². The molecular weight excluding hydrogens is 242 g/mol. The Kier molecular flexibility index (Phi) is 4.58. The molecule has 2 rings (SSSR count). The zero-order valence-corrected chi connectivity index (χ0v) is 11.2. The average molecular weight is 261 g/mol. The molecule has 1 aliphatic heterocycles. The summed E-state index contributed by atoms with van der Waals surface area (Å²) in [6.45, 7) is 6.05. The third-order valence-electron chi connectivity index (χ3n) is 3.23. The summed E-state index contributed by atoms with van der Waals surface area (Å²) in [5.74, 6) is 0.852. The first-order chi connectivity index (χ1) is 9.24. The summed E-state index contributed by atoms with van der Waals surface area (Å²) in [4.78, 5) is 13.4. The Hall–Kier alpha value is -1.81. The van der Waals surface area contributed by atoms with Crippen molar-refractivity contribution < 1.29 is 14.3 Å². The molecule has 1 heterocycles. The molecule has 0 radical (unpaired) electrons. The van der Waals surface area contributed by atoms with Crippen LogP contribution in [0.25, 0.3) is 0 Å². The van der Waals surface area contributed by atoms with Gasteiger partial charge in [-0.05, 0) is 35.8 Å². The SMILES string of the molecule is C=CC(=O)N1CCc2cc(OCCOC)ccc2C1. The van der Waals surface area contributed by atoms with Crippen molar-refractivity contribution >= 4 is 5.91 Å². The minimum absolute atomic E-state index is 0.00827. The van der Waals surface area contributed by atoms with Crippen LogP contribution in [0.4, 0.5) is 0 Å². The molecule has 0 N–H and O–H groups in total. The molecule has 1 amide bonds.